The molecule has 16 heavy (non-hydrogen) atoms. The van der Waals surface area contributed by atoms with E-state index in [1.165, 1.54) is 0 Å². The third-order valence-corrected chi connectivity index (χ3v) is 0.429. The maximum absolute atomic E-state index is 10.7. The second kappa shape index (κ2) is 12.0. The molecule has 0 rings (SSSR count). The fraction of sp³-hybridized carbons (Fsp3) is 0. The van der Waals surface area contributed by atoms with Gasteiger partial charge in [-0.3, -0.25) is 0 Å². The quantitative estimate of drug-likeness (QED) is 0.503. The van der Waals surface area contributed by atoms with Gasteiger partial charge in [-0.15, -0.1) is 0 Å². The molecule has 0 unspecified atom stereocenters. The summed E-state index contributed by atoms with van der Waals surface area (Å²) in [6.45, 7) is 2.22. The Kier molecular flexibility index (Phi) is 15.2. The van der Waals surface area contributed by atoms with Crippen LogP contribution < -0.4 is 0 Å². The first kappa shape index (κ1) is 20.3. The fourth-order valence-corrected chi connectivity index (χ4v) is 0. The Balaban J connectivity index is -0.000000162. The van der Waals surface area contributed by atoms with E-state index >= 15 is 0 Å². The van der Waals surface area contributed by atoms with Gasteiger partial charge in [0, 0.05) is 0 Å². The normalized spacial score (nSPS) is 7.62. The summed E-state index contributed by atoms with van der Waals surface area (Å²) in [5.74, 6) is 0. The van der Waals surface area contributed by atoms with Gasteiger partial charge in [0.2, 0.25) is 0 Å². The van der Waals surface area contributed by atoms with Gasteiger partial charge in [-0.2, -0.15) is 39.5 Å². The minimum atomic E-state index is -2.91. The third kappa shape index (κ3) is 38.4. The molecule has 0 heterocycles. The van der Waals surface area contributed by atoms with Crippen LogP contribution in [-0.2, 0) is 0 Å². The predicted molar refractivity (Wildman–Crippen MR) is 39.0 cm³/mol. The SMILES string of the molecule is C=C(F)F.FC(F)=C(F)Cl.FC(F)=C(F)F. The van der Waals surface area contributed by atoms with Crippen molar-refractivity contribution in [3.63, 3.8) is 0 Å². The van der Waals surface area contributed by atoms with Crippen LogP contribution in [0.25, 0.3) is 0 Å². The van der Waals surface area contributed by atoms with Gasteiger partial charge in [0.05, 0.1) is 0 Å². The lowest BCUT2D eigenvalue weighted by molar-refractivity contribution is 0.308. The summed E-state index contributed by atoms with van der Waals surface area (Å²) < 4.78 is 93.2. The molecule has 96 valence electrons. The van der Waals surface area contributed by atoms with Crippen molar-refractivity contribution in [1.82, 2.24) is 0 Å². The monoisotopic (exact) mass is 280 g/mol. The Morgan fingerprint density at radius 2 is 0.750 bits per heavy atom. The van der Waals surface area contributed by atoms with Crippen LogP contribution in [0, 0.1) is 0 Å². The topological polar surface area (TPSA) is 0 Å². The second-order valence-electron chi connectivity index (χ2n) is 1.38. The summed E-state index contributed by atoms with van der Waals surface area (Å²) >= 11 is 4.08. The van der Waals surface area contributed by atoms with Crippen LogP contribution in [0.4, 0.5) is 39.5 Å². The molecule has 10 heteroatoms. The lowest BCUT2D eigenvalue weighted by atomic mass is 11.1. The van der Waals surface area contributed by atoms with Crippen LogP contribution in [0.2, 0.25) is 0 Å². The van der Waals surface area contributed by atoms with E-state index in [1.807, 2.05) is 0 Å². The Morgan fingerprint density at radius 1 is 0.625 bits per heavy atom. The summed E-state index contributed by atoms with van der Waals surface area (Å²) in [6, 6.07) is 0. The molecule has 0 aromatic heterocycles. The van der Waals surface area contributed by atoms with Gasteiger partial charge in [0.15, 0.2) is 0 Å². The van der Waals surface area contributed by atoms with Gasteiger partial charge < -0.3 is 0 Å². The van der Waals surface area contributed by atoms with Crippen molar-refractivity contribution in [2.24, 2.45) is 0 Å². The number of hydrogen-bond acceptors (Lipinski definition) is 0. The molecular formula is C6H2ClF9. The van der Waals surface area contributed by atoms with Crippen molar-refractivity contribution in [1.29, 1.82) is 0 Å². The zero-order chi connectivity index (χ0) is 13.9. The average molecular weight is 281 g/mol. The standard InChI is InChI=1S/C2ClF3.C2F4.C2H2F2/c2*3-1(4)2(5)6;1-2(3)4/h;;1H2. The van der Waals surface area contributed by atoms with Crippen molar-refractivity contribution in [3.8, 4) is 0 Å². The first-order chi connectivity index (χ1) is 7.02. The van der Waals surface area contributed by atoms with Crippen LogP contribution in [0.1, 0.15) is 0 Å². The Morgan fingerprint density at radius 3 is 0.750 bits per heavy atom. The maximum atomic E-state index is 10.7. The smallest absolute Gasteiger partial charge is 0.188 e. The molecule has 0 saturated carbocycles. The average Bonchev–Trinajstić information content (AvgIpc) is 2.03. The first-order valence-corrected chi connectivity index (χ1v) is 3.12. The molecule has 0 aliphatic rings. The highest BCUT2D eigenvalue weighted by Crippen LogP contribution is 2.11. The van der Waals surface area contributed by atoms with Crippen LogP contribution >= 0.6 is 11.6 Å². The van der Waals surface area contributed by atoms with Gasteiger partial charge in [0.25, 0.3) is 11.4 Å². The zero-order valence-electron chi connectivity index (χ0n) is 6.99. The molecule has 0 spiro atoms. The predicted octanol–water partition coefficient (Wildman–Crippen LogP) is 5.65. The maximum Gasteiger partial charge on any atom is 0.334 e. The van der Waals surface area contributed by atoms with Crippen LogP contribution in [-0.4, -0.2) is 0 Å². The van der Waals surface area contributed by atoms with Crippen LogP contribution in [0.15, 0.2) is 36.2 Å². The summed E-state index contributed by atoms with van der Waals surface area (Å²) in [7, 11) is 0. The highest BCUT2D eigenvalue weighted by Gasteiger charge is 1.98. The summed E-state index contributed by atoms with van der Waals surface area (Å²) in [5, 5.41) is -1.94. The van der Waals surface area contributed by atoms with Crippen molar-refractivity contribution < 1.29 is 39.5 Å². The molecule has 0 saturated heterocycles. The minimum Gasteiger partial charge on any atom is -0.188 e. The summed E-state index contributed by atoms with van der Waals surface area (Å²) in [4.78, 5) is 0. The molecule has 0 N–H and O–H groups in total. The lowest BCUT2D eigenvalue weighted by Crippen LogP contribution is -1.56. The van der Waals surface area contributed by atoms with Crippen LogP contribution in [0.5, 0.6) is 0 Å². The van der Waals surface area contributed by atoms with E-state index < -0.39 is 29.6 Å². The van der Waals surface area contributed by atoms with E-state index in [2.05, 4.69) is 18.2 Å². The van der Waals surface area contributed by atoms with Gasteiger partial charge in [-0.1, -0.05) is 0 Å². The molecule has 0 aromatic rings. The number of hydrogen-bond donors (Lipinski definition) is 0. The second-order valence-corrected chi connectivity index (χ2v) is 1.71. The highest BCUT2D eigenvalue weighted by atomic mass is 35.5. The van der Waals surface area contributed by atoms with Gasteiger partial charge in [-0.25, -0.2) is 0 Å². The fourth-order valence-electron chi connectivity index (χ4n) is 0. The van der Waals surface area contributed by atoms with E-state index in [1.54, 1.807) is 0 Å². The third-order valence-electron chi connectivity index (χ3n) is 0.286. The highest BCUT2D eigenvalue weighted by molar-refractivity contribution is 6.28. The minimum absolute atomic E-state index is 1.83. The summed E-state index contributed by atoms with van der Waals surface area (Å²) in [6.07, 6.45) is -10.1. The van der Waals surface area contributed by atoms with E-state index in [-0.39, 0.29) is 0 Å². The molecular weight excluding hydrogens is 279 g/mol. The largest absolute Gasteiger partial charge is 0.334 e. The molecule has 0 aliphatic heterocycles. The molecule has 0 radical (unpaired) electrons. The van der Waals surface area contributed by atoms with E-state index in [4.69, 9.17) is 0 Å². The van der Waals surface area contributed by atoms with Gasteiger partial charge >= 0.3 is 18.2 Å². The Hall–Kier alpha value is -1.12. The molecule has 0 bridgehead atoms. The van der Waals surface area contributed by atoms with Crippen LogP contribution in [0.3, 0.4) is 0 Å². The van der Waals surface area contributed by atoms with E-state index in [0.29, 0.717) is 0 Å². The van der Waals surface area contributed by atoms with Crippen molar-refractivity contribution in [3.05, 3.63) is 36.2 Å². The van der Waals surface area contributed by atoms with Crippen molar-refractivity contribution in [2.45, 2.75) is 0 Å². The van der Waals surface area contributed by atoms with E-state index in [0.717, 1.165) is 0 Å². The molecule has 0 aromatic carbocycles. The summed E-state index contributed by atoms with van der Waals surface area (Å²) in [5.41, 5.74) is 0. The number of rotatable bonds is 0. The van der Waals surface area contributed by atoms with E-state index in [9.17, 15) is 39.5 Å². The molecule has 0 nitrogen and oxygen atoms in total. The first-order valence-electron chi connectivity index (χ1n) is 2.74. The molecule has 0 aliphatic carbocycles. The zero-order valence-corrected chi connectivity index (χ0v) is 7.74. The van der Waals surface area contributed by atoms with Crippen molar-refractivity contribution >= 4 is 11.6 Å². The molecule has 0 atom stereocenters. The molecule has 0 fully saturated rings. The Bertz CT molecular complexity index is 207. The van der Waals surface area contributed by atoms with Gasteiger partial charge in [0.1, 0.15) is 0 Å². The lowest BCUT2D eigenvalue weighted by Gasteiger charge is -1.70. The van der Waals surface area contributed by atoms with Gasteiger partial charge in [-0.05, 0) is 18.2 Å². The Labute approximate surface area is 88.3 Å². The molecule has 0 amide bonds. The number of halogens is 10. The van der Waals surface area contributed by atoms with Crippen molar-refractivity contribution in [2.75, 3.05) is 0 Å².